The number of benzene rings is 2. The molecule has 0 bridgehead atoms. The molecule has 0 atom stereocenters. The molecule has 0 aliphatic heterocycles. The number of rotatable bonds is 3. The summed E-state index contributed by atoms with van der Waals surface area (Å²) in [6.45, 7) is 0. The fraction of sp³-hybridized carbons (Fsp3) is 0.0667. The van der Waals surface area contributed by atoms with Crippen molar-refractivity contribution in [3.8, 4) is 0 Å². The molecule has 0 aliphatic rings. The molecular formula is C15H12BrClN2O2. The van der Waals surface area contributed by atoms with Crippen LogP contribution >= 0.6 is 27.5 Å². The molecule has 0 fully saturated rings. The number of anilines is 1. The Labute approximate surface area is 135 Å². The smallest absolute Gasteiger partial charge is 0.257 e. The van der Waals surface area contributed by atoms with Gasteiger partial charge in [0, 0.05) is 22.8 Å². The van der Waals surface area contributed by atoms with E-state index in [0.717, 1.165) is 4.47 Å². The zero-order valence-corrected chi connectivity index (χ0v) is 13.5. The molecule has 2 amide bonds. The SMILES string of the molecule is CNC(=O)c1cccc(NC(=O)c2cc(Br)ccc2Cl)c1. The van der Waals surface area contributed by atoms with E-state index in [-0.39, 0.29) is 11.8 Å². The molecule has 0 aromatic heterocycles. The Morgan fingerprint density at radius 1 is 1.10 bits per heavy atom. The van der Waals surface area contributed by atoms with E-state index in [0.29, 0.717) is 21.8 Å². The fourth-order valence-corrected chi connectivity index (χ4v) is 2.32. The van der Waals surface area contributed by atoms with Crippen LogP contribution in [-0.4, -0.2) is 18.9 Å². The fourth-order valence-electron chi connectivity index (χ4n) is 1.75. The van der Waals surface area contributed by atoms with Crippen LogP contribution in [0.2, 0.25) is 5.02 Å². The highest BCUT2D eigenvalue weighted by atomic mass is 79.9. The van der Waals surface area contributed by atoms with Crippen LogP contribution in [0.4, 0.5) is 5.69 Å². The van der Waals surface area contributed by atoms with Crippen LogP contribution in [0.25, 0.3) is 0 Å². The van der Waals surface area contributed by atoms with E-state index in [2.05, 4.69) is 26.6 Å². The predicted octanol–water partition coefficient (Wildman–Crippen LogP) is 3.71. The summed E-state index contributed by atoms with van der Waals surface area (Å²) in [5, 5.41) is 5.61. The molecule has 0 heterocycles. The van der Waals surface area contributed by atoms with Crippen LogP contribution in [0.3, 0.4) is 0 Å². The maximum atomic E-state index is 12.2. The maximum absolute atomic E-state index is 12.2. The molecule has 0 saturated heterocycles. The normalized spacial score (nSPS) is 10.0. The number of carbonyl (C=O) groups excluding carboxylic acids is 2. The quantitative estimate of drug-likeness (QED) is 0.869. The summed E-state index contributed by atoms with van der Waals surface area (Å²) in [5.74, 6) is -0.554. The van der Waals surface area contributed by atoms with Gasteiger partial charge in [-0.15, -0.1) is 0 Å². The monoisotopic (exact) mass is 366 g/mol. The summed E-state index contributed by atoms with van der Waals surface area (Å²) in [4.78, 5) is 23.8. The molecule has 2 rings (SSSR count). The molecule has 0 radical (unpaired) electrons. The second-order valence-electron chi connectivity index (χ2n) is 4.24. The van der Waals surface area contributed by atoms with E-state index < -0.39 is 0 Å². The van der Waals surface area contributed by atoms with Gasteiger partial charge >= 0.3 is 0 Å². The first-order valence-corrected chi connectivity index (χ1v) is 7.27. The number of carbonyl (C=O) groups is 2. The number of hydrogen-bond acceptors (Lipinski definition) is 2. The minimum absolute atomic E-state index is 0.216. The third-order valence-corrected chi connectivity index (χ3v) is 3.61. The van der Waals surface area contributed by atoms with Gasteiger partial charge in [0.25, 0.3) is 11.8 Å². The molecule has 4 nitrogen and oxygen atoms in total. The first-order chi connectivity index (χ1) is 10.0. The van der Waals surface area contributed by atoms with Crippen molar-refractivity contribution in [2.75, 3.05) is 12.4 Å². The minimum Gasteiger partial charge on any atom is -0.355 e. The molecule has 0 spiro atoms. The minimum atomic E-state index is -0.338. The molecule has 0 aliphatic carbocycles. The molecule has 0 saturated carbocycles. The van der Waals surface area contributed by atoms with Gasteiger partial charge in [-0.1, -0.05) is 33.6 Å². The lowest BCUT2D eigenvalue weighted by atomic mass is 10.1. The standard InChI is InChI=1S/C15H12BrClN2O2/c1-18-14(20)9-3-2-4-11(7-9)19-15(21)12-8-10(16)5-6-13(12)17/h2-8H,1H3,(H,18,20)(H,19,21). The zero-order valence-electron chi connectivity index (χ0n) is 11.1. The number of nitrogens with one attached hydrogen (secondary N) is 2. The average Bonchev–Trinajstić information content (AvgIpc) is 2.49. The summed E-state index contributed by atoms with van der Waals surface area (Å²) >= 11 is 9.31. The van der Waals surface area contributed by atoms with Crippen molar-refractivity contribution >= 4 is 45.0 Å². The van der Waals surface area contributed by atoms with E-state index in [1.807, 2.05) is 0 Å². The molecule has 21 heavy (non-hydrogen) atoms. The van der Waals surface area contributed by atoms with Crippen molar-refractivity contribution in [2.45, 2.75) is 0 Å². The van der Waals surface area contributed by atoms with Crippen molar-refractivity contribution < 1.29 is 9.59 Å². The van der Waals surface area contributed by atoms with Crippen LogP contribution in [0.5, 0.6) is 0 Å². The van der Waals surface area contributed by atoms with Crippen LogP contribution < -0.4 is 10.6 Å². The summed E-state index contributed by atoms with van der Waals surface area (Å²) in [5.41, 5.74) is 1.35. The highest BCUT2D eigenvalue weighted by Crippen LogP contribution is 2.22. The highest BCUT2D eigenvalue weighted by molar-refractivity contribution is 9.10. The zero-order chi connectivity index (χ0) is 15.4. The molecule has 6 heteroatoms. The second-order valence-corrected chi connectivity index (χ2v) is 5.56. The Balaban J connectivity index is 2.23. The molecular weight excluding hydrogens is 356 g/mol. The van der Waals surface area contributed by atoms with Gasteiger partial charge in [0.1, 0.15) is 0 Å². The lowest BCUT2D eigenvalue weighted by molar-refractivity contribution is 0.0961. The van der Waals surface area contributed by atoms with Gasteiger partial charge in [0.15, 0.2) is 0 Å². The van der Waals surface area contributed by atoms with Crippen molar-refractivity contribution in [1.29, 1.82) is 0 Å². The second kappa shape index (κ2) is 6.74. The molecule has 108 valence electrons. The van der Waals surface area contributed by atoms with E-state index in [1.165, 1.54) is 0 Å². The Morgan fingerprint density at radius 2 is 1.86 bits per heavy atom. The maximum Gasteiger partial charge on any atom is 0.257 e. The highest BCUT2D eigenvalue weighted by Gasteiger charge is 2.12. The Kier molecular flexibility index (Phi) is 4.98. The molecule has 2 aromatic carbocycles. The summed E-state index contributed by atoms with van der Waals surface area (Å²) in [6, 6.07) is 11.7. The van der Waals surface area contributed by atoms with Gasteiger partial charge in [-0.3, -0.25) is 9.59 Å². The van der Waals surface area contributed by atoms with E-state index in [4.69, 9.17) is 11.6 Å². The molecule has 2 aromatic rings. The Hall–Kier alpha value is -1.85. The number of halogens is 2. The van der Waals surface area contributed by atoms with Crippen LogP contribution in [0.1, 0.15) is 20.7 Å². The van der Waals surface area contributed by atoms with Gasteiger partial charge in [0.05, 0.1) is 10.6 Å². The summed E-state index contributed by atoms with van der Waals surface area (Å²) < 4.78 is 0.760. The van der Waals surface area contributed by atoms with E-state index in [1.54, 1.807) is 49.5 Å². The van der Waals surface area contributed by atoms with Crippen molar-refractivity contribution in [1.82, 2.24) is 5.32 Å². The van der Waals surface area contributed by atoms with Crippen LogP contribution in [0, 0.1) is 0 Å². The van der Waals surface area contributed by atoms with E-state index >= 15 is 0 Å². The van der Waals surface area contributed by atoms with Gasteiger partial charge in [-0.2, -0.15) is 0 Å². The van der Waals surface area contributed by atoms with Gasteiger partial charge in [-0.25, -0.2) is 0 Å². The molecule has 2 N–H and O–H groups in total. The summed E-state index contributed by atoms with van der Waals surface area (Å²) in [6.07, 6.45) is 0. The topological polar surface area (TPSA) is 58.2 Å². The first kappa shape index (κ1) is 15.5. The lowest BCUT2D eigenvalue weighted by Gasteiger charge is -2.08. The largest absolute Gasteiger partial charge is 0.355 e. The number of hydrogen-bond donors (Lipinski definition) is 2. The number of amides is 2. The van der Waals surface area contributed by atoms with Crippen molar-refractivity contribution in [3.63, 3.8) is 0 Å². The van der Waals surface area contributed by atoms with Crippen molar-refractivity contribution in [2.24, 2.45) is 0 Å². The van der Waals surface area contributed by atoms with Crippen molar-refractivity contribution in [3.05, 3.63) is 63.1 Å². The van der Waals surface area contributed by atoms with Gasteiger partial charge < -0.3 is 10.6 Å². The summed E-state index contributed by atoms with van der Waals surface area (Å²) in [7, 11) is 1.55. The predicted molar refractivity (Wildman–Crippen MR) is 86.9 cm³/mol. The third-order valence-electron chi connectivity index (χ3n) is 2.78. The Morgan fingerprint density at radius 3 is 2.57 bits per heavy atom. The molecule has 0 unspecified atom stereocenters. The van der Waals surface area contributed by atoms with Gasteiger partial charge in [-0.05, 0) is 36.4 Å². The van der Waals surface area contributed by atoms with Gasteiger partial charge in [0.2, 0.25) is 0 Å². The first-order valence-electron chi connectivity index (χ1n) is 6.10. The lowest BCUT2D eigenvalue weighted by Crippen LogP contribution is -2.18. The van der Waals surface area contributed by atoms with Crippen LogP contribution in [-0.2, 0) is 0 Å². The third kappa shape index (κ3) is 3.83. The van der Waals surface area contributed by atoms with Crippen LogP contribution in [0.15, 0.2) is 46.9 Å². The average molecular weight is 368 g/mol. The Bertz CT molecular complexity index is 704. The van der Waals surface area contributed by atoms with E-state index in [9.17, 15) is 9.59 Å².